The van der Waals surface area contributed by atoms with Gasteiger partial charge in [0.1, 0.15) is 5.75 Å². The fraction of sp³-hybridized carbons (Fsp3) is 0.533. The zero-order chi connectivity index (χ0) is 13.8. The summed E-state index contributed by atoms with van der Waals surface area (Å²) in [6.07, 6.45) is 0. The van der Waals surface area contributed by atoms with Gasteiger partial charge in [-0.25, -0.2) is 0 Å². The third-order valence-electron chi connectivity index (χ3n) is 3.68. The number of likely N-dealkylation sites (N-methyl/N-ethyl adjacent to an activating group) is 1. The first-order valence-electron chi connectivity index (χ1n) is 6.78. The number of nitrogens with zero attached hydrogens (tertiary/aromatic N) is 1. The lowest BCUT2D eigenvalue weighted by atomic mass is 10.00. The highest BCUT2D eigenvalue weighted by Gasteiger charge is 2.26. The van der Waals surface area contributed by atoms with Crippen LogP contribution in [0.1, 0.15) is 25.3 Å². The van der Waals surface area contributed by atoms with Gasteiger partial charge in [-0.1, -0.05) is 32.0 Å². The van der Waals surface area contributed by atoms with Crippen molar-refractivity contribution in [1.29, 1.82) is 0 Å². The number of rotatable bonds is 6. The highest BCUT2D eigenvalue weighted by atomic mass is 16.5. The number of fused-ring (bicyclic) bond motifs is 1. The highest BCUT2D eigenvalue weighted by Crippen LogP contribution is 2.33. The van der Waals surface area contributed by atoms with E-state index in [1.165, 1.54) is 5.56 Å². The van der Waals surface area contributed by atoms with Gasteiger partial charge in [0.15, 0.2) is 0 Å². The van der Waals surface area contributed by atoms with Crippen LogP contribution in [0.3, 0.4) is 0 Å². The lowest BCUT2D eigenvalue weighted by Gasteiger charge is -2.25. The van der Waals surface area contributed by atoms with Crippen molar-refractivity contribution < 1.29 is 14.6 Å². The Morgan fingerprint density at radius 1 is 1.53 bits per heavy atom. The monoisotopic (exact) mass is 263 g/mol. The Hall–Kier alpha value is -1.55. The predicted octanol–water partition coefficient (Wildman–Crippen LogP) is 2.21. The Bertz CT molecular complexity index is 447. The van der Waals surface area contributed by atoms with Gasteiger partial charge >= 0.3 is 5.97 Å². The van der Waals surface area contributed by atoms with Crippen LogP contribution in [0.2, 0.25) is 0 Å². The minimum absolute atomic E-state index is 0.336. The molecule has 104 valence electrons. The van der Waals surface area contributed by atoms with Crippen LogP contribution in [0.5, 0.6) is 5.75 Å². The first-order chi connectivity index (χ1) is 9.11. The number of hydrogen-bond donors (Lipinski definition) is 1. The zero-order valence-corrected chi connectivity index (χ0v) is 11.5. The summed E-state index contributed by atoms with van der Waals surface area (Å²) in [5, 5.41) is 8.99. The molecule has 1 aromatic rings. The number of carboxylic acids is 1. The standard InChI is InChI=1S/C15H21NO3/c1-3-16(8-11(2)15(17)18)9-12-10-19-14-7-5-4-6-13(12)14/h4-7,11-12H,3,8-10H2,1-2H3,(H,17,18). The normalized spacial score (nSPS) is 19.0. The summed E-state index contributed by atoms with van der Waals surface area (Å²) in [4.78, 5) is 13.1. The molecule has 0 spiro atoms. The summed E-state index contributed by atoms with van der Waals surface area (Å²) < 4.78 is 5.67. The van der Waals surface area contributed by atoms with E-state index in [-0.39, 0.29) is 5.92 Å². The second-order valence-corrected chi connectivity index (χ2v) is 5.14. The third kappa shape index (κ3) is 3.26. The van der Waals surface area contributed by atoms with Crippen LogP contribution in [-0.2, 0) is 4.79 Å². The Labute approximate surface area is 114 Å². The second-order valence-electron chi connectivity index (χ2n) is 5.14. The Kier molecular flexibility index (Phi) is 4.43. The summed E-state index contributed by atoms with van der Waals surface area (Å²) in [6.45, 7) is 6.81. The molecule has 0 fully saturated rings. The van der Waals surface area contributed by atoms with E-state index in [2.05, 4.69) is 17.9 Å². The van der Waals surface area contributed by atoms with E-state index in [0.29, 0.717) is 19.1 Å². The molecule has 2 rings (SSSR count). The summed E-state index contributed by atoms with van der Waals surface area (Å²) >= 11 is 0. The molecule has 4 nitrogen and oxygen atoms in total. The van der Waals surface area contributed by atoms with Gasteiger partial charge in [-0.05, 0) is 12.6 Å². The van der Waals surface area contributed by atoms with Gasteiger partial charge in [0.25, 0.3) is 0 Å². The number of ether oxygens (including phenoxy) is 1. The van der Waals surface area contributed by atoms with E-state index in [1.54, 1.807) is 6.92 Å². The van der Waals surface area contributed by atoms with Crippen LogP contribution in [0.25, 0.3) is 0 Å². The molecule has 2 unspecified atom stereocenters. The van der Waals surface area contributed by atoms with Gasteiger partial charge in [-0.3, -0.25) is 4.79 Å². The van der Waals surface area contributed by atoms with Crippen molar-refractivity contribution in [2.75, 3.05) is 26.2 Å². The molecule has 0 saturated heterocycles. The molecule has 1 aromatic carbocycles. The van der Waals surface area contributed by atoms with Crippen molar-refractivity contribution in [3.8, 4) is 5.75 Å². The fourth-order valence-corrected chi connectivity index (χ4v) is 2.49. The third-order valence-corrected chi connectivity index (χ3v) is 3.68. The Balaban J connectivity index is 1.98. The van der Waals surface area contributed by atoms with E-state index in [4.69, 9.17) is 9.84 Å². The molecule has 1 N–H and O–H groups in total. The number of aliphatic carboxylic acids is 1. The average molecular weight is 263 g/mol. The molecular formula is C15H21NO3. The molecule has 1 heterocycles. The van der Waals surface area contributed by atoms with Crippen LogP contribution in [-0.4, -0.2) is 42.2 Å². The summed E-state index contributed by atoms with van der Waals surface area (Å²) in [5.41, 5.74) is 1.24. The maximum absolute atomic E-state index is 10.9. The first-order valence-corrected chi connectivity index (χ1v) is 6.78. The molecule has 0 bridgehead atoms. The van der Waals surface area contributed by atoms with Gasteiger partial charge in [-0.15, -0.1) is 0 Å². The second kappa shape index (κ2) is 6.06. The minimum atomic E-state index is -0.735. The van der Waals surface area contributed by atoms with Gasteiger partial charge in [0, 0.05) is 24.6 Å². The van der Waals surface area contributed by atoms with Crippen molar-refractivity contribution in [2.24, 2.45) is 5.92 Å². The van der Waals surface area contributed by atoms with E-state index in [1.807, 2.05) is 18.2 Å². The van der Waals surface area contributed by atoms with Crippen LogP contribution >= 0.6 is 0 Å². The molecule has 1 aliphatic heterocycles. The predicted molar refractivity (Wildman–Crippen MR) is 73.6 cm³/mol. The van der Waals surface area contributed by atoms with Crippen molar-refractivity contribution in [3.63, 3.8) is 0 Å². The van der Waals surface area contributed by atoms with Crippen LogP contribution in [0, 0.1) is 5.92 Å². The molecular weight excluding hydrogens is 242 g/mol. The molecule has 4 heteroatoms. The van der Waals surface area contributed by atoms with Gasteiger partial charge in [0.05, 0.1) is 12.5 Å². The van der Waals surface area contributed by atoms with Crippen molar-refractivity contribution in [1.82, 2.24) is 4.90 Å². The van der Waals surface area contributed by atoms with Crippen LogP contribution in [0.4, 0.5) is 0 Å². The zero-order valence-electron chi connectivity index (χ0n) is 11.5. The Morgan fingerprint density at radius 2 is 2.26 bits per heavy atom. The van der Waals surface area contributed by atoms with Gasteiger partial charge in [0.2, 0.25) is 0 Å². The van der Waals surface area contributed by atoms with Gasteiger partial charge in [-0.2, -0.15) is 0 Å². The number of hydrogen-bond acceptors (Lipinski definition) is 3. The highest BCUT2D eigenvalue weighted by molar-refractivity contribution is 5.69. The van der Waals surface area contributed by atoms with Crippen LogP contribution in [0.15, 0.2) is 24.3 Å². The topological polar surface area (TPSA) is 49.8 Å². The van der Waals surface area contributed by atoms with E-state index >= 15 is 0 Å². The smallest absolute Gasteiger partial charge is 0.307 e. The number of carbonyl (C=O) groups is 1. The van der Waals surface area contributed by atoms with Crippen molar-refractivity contribution >= 4 is 5.97 Å². The van der Waals surface area contributed by atoms with E-state index < -0.39 is 5.97 Å². The quantitative estimate of drug-likeness (QED) is 0.855. The molecule has 0 aromatic heterocycles. The molecule has 19 heavy (non-hydrogen) atoms. The summed E-state index contributed by atoms with van der Waals surface area (Å²) in [5.74, 6) is 0.242. The summed E-state index contributed by atoms with van der Waals surface area (Å²) in [7, 11) is 0. The largest absolute Gasteiger partial charge is 0.493 e. The molecule has 0 aliphatic carbocycles. The maximum Gasteiger partial charge on any atom is 0.307 e. The number of carboxylic acid groups (broad SMARTS) is 1. The van der Waals surface area contributed by atoms with Crippen LogP contribution < -0.4 is 4.74 Å². The number of benzene rings is 1. The molecule has 0 radical (unpaired) electrons. The first kappa shape index (κ1) is 13.9. The lowest BCUT2D eigenvalue weighted by Crippen LogP contribution is -2.35. The van der Waals surface area contributed by atoms with Crippen molar-refractivity contribution in [2.45, 2.75) is 19.8 Å². The molecule has 2 atom stereocenters. The fourth-order valence-electron chi connectivity index (χ4n) is 2.49. The van der Waals surface area contributed by atoms with Crippen molar-refractivity contribution in [3.05, 3.63) is 29.8 Å². The molecule has 1 aliphatic rings. The Morgan fingerprint density at radius 3 is 2.95 bits per heavy atom. The van der Waals surface area contributed by atoms with Gasteiger partial charge < -0.3 is 14.7 Å². The maximum atomic E-state index is 10.9. The molecule has 0 amide bonds. The average Bonchev–Trinajstić information content (AvgIpc) is 2.81. The van der Waals surface area contributed by atoms with E-state index in [0.717, 1.165) is 18.8 Å². The number of para-hydroxylation sites is 1. The summed E-state index contributed by atoms with van der Waals surface area (Å²) in [6, 6.07) is 8.09. The lowest BCUT2D eigenvalue weighted by molar-refractivity contribution is -0.141. The minimum Gasteiger partial charge on any atom is -0.493 e. The molecule has 0 saturated carbocycles. The van der Waals surface area contributed by atoms with E-state index in [9.17, 15) is 4.79 Å². The SMILES string of the molecule is CCN(CC(C)C(=O)O)CC1COc2ccccc21.